The maximum atomic E-state index is 12.7. The first-order valence-electron chi connectivity index (χ1n) is 8.72. The van der Waals surface area contributed by atoms with Crippen molar-refractivity contribution in [1.29, 1.82) is 0 Å². The Kier molecular flexibility index (Phi) is 7.11. The van der Waals surface area contributed by atoms with E-state index in [-0.39, 0.29) is 4.90 Å². The third-order valence-electron chi connectivity index (χ3n) is 4.26. The van der Waals surface area contributed by atoms with Gasteiger partial charge in [0.15, 0.2) is 4.90 Å². The Bertz CT molecular complexity index is 1080. The first-order chi connectivity index (χ1) is 13.4. The molecule has 0 heterocycles. The van der Waals surface area contributed by atoms with Gasteiger partial charge in [-0.3, -0.25) is 10.1 Å². The van der Waals surface area contributed by atoms with E-state index >= 15 is 0 Å². The molecule has 9 nitrogen and oxygen atoms in total. The fourth-order valence-electron chi connectivity index (χ4n) is 2.65. The summed E-state index contributed by atoms with van der Waals surface area (Å²) < 4.78 is 53.1. The summed E-state index contributed by atoms with van der Waals surface area (Å²) in [5.41, 5.74) is 0.249. The lowest BCUT2D eigenvalue weighted by Crippen LogP contribution is -2.33. The van der Waals surface area contributed by atoms with Crippen molar-refractivity contribution in [1.82, 2.24) is 9.03 Å². The monoisotopic (exact) mass is 441 g/mol. The maximum Gasteiger partial charge on any atom is 0.290 e. The van der Waals surface area contributed by atoms with Crippen LogP contribution in [0.2, 0.25) is 0 Å². The van der Waals surface area contributed by atoms with Crippen molar-refractivity contribution >= 4 is 25.7 Å². The van der Waals surface area contributed by atoms with Crippen LogP contribution in [-0.4, -0.2) is 46.2 Å². The van der Waals surface area contributed by atoms with Crippen molar-refractivity contribution in [3.8, 4) is 0 Å². The van der Waals surface area contributed by atoms with Crippen molar-refractivity contribution in [3.63, 3.8) is 0 Å². The molecule has 0 spiro atoms. The molecule has 11 heteroatoms. The van der Waals surface area contributed by atoms with Crippen LogP contribution in [0.4, 0.5) is 5.69 Å². The number of hydrogen-bond donors (Lipinski definition) is 1. The minimum Gasteiger partial charge on any atom is -0.258 e. The molecule has 0 saturated carbocycles. The van der Waals surface area contributed by atoms with Crippen molar-refractivity contribution in [3.05, 3.63) is 64.2 Å². The summed E-state index contributed by atoms with van der Waals surface area (Å²) in [5, 5.41) is 11.4. The average molecular weight is 442 g/mol. The predicted octanol–water partition coefficient (Wildman–Crippen LogP) is 2.14. The van der Waals surface area contributed by atoms with Crippen LogP contribution < -0.4 is 4.72 Å². The zero-order valence-corrected chi connectivity index (χ0v) is 17.9. The molecule has 29 heavy (non-hydrogen) atoms. The van der Waals surface area contributed by atoms with E-state index < -0.39 is 41.6 Å². The summed E-state index contributed by atoms with van der Waals surface area (Å²) in [6.45, 7) is 1.66. The second-order valence-corrected chi connectivity index (χ2v) is 10.6. The number of rotatable bonds is 9. The van der Waals surface area contributed by atoms with E-state index in [1.54, 1.807) is 6.92 Å². The van der Waals surface area contributed by atoms with E-state index in [4.69, 9.17) is 0 Å². The predicted molar refractivity (Wildman–Crippen MR) is 109 cm³/mol. The van der Waals surface area contributed by atoms with Gasteiger partial charge in [-0.25, -0.2) is 25.9 Å². The van der Waals surface area contributed by atoms with Gasteiger partial charge in [0.1, 0.15) is 0 Å². The zero-order valence-electron chi connectivity index (χ0n) is 16.3. The van der Waals surface area contributed by atoms with Crippen LogP contribution in [0, 0.1) is 10.1 Å². The topological polar surface area (TPSA) is 127 Å². The molecule has 1 atom stereocenters. The van der Waals surface area contributed by atoms with Gasteiger partial charge in [-0.15, -0.1) is 0 Å². The van der Waals surface area contributed by atoms with E-state index in [0.717, 1.165) is 28.1 Å². The highest BCUT2D eigenvalue weighted by molar-refractivity contribution is 7.90. The number of nitro groups is 1. The SMILES string of the molecule is CC(CCc1ccccc1)NS(=O)(=O)c1ccc(S(=O)(=O)N(C)C)cc1[N+](=O)[O-]. The van der Waals surface area contributed by atoms with Gasteiger partial charge in [0.05, 0.1) is 9.82 Å². The first-order valence-corrected chi connectivity index (χ1v) is 11.6. The van der Waals surface area contributed by atoms with Crippen molar-refractivity contribution in [2.45, 2.75) is 35.6 Å². The number of hydrogen-bond acceptors (Lipinski definition) is 6. The molecule has 1 unspecified atom stereocenters. The Balaban J connectivity index is 2.28. The summed E-state index contributed by atoms with van der Waals surface area (Å²) in [6, 6.07) is 11.8. The highest BCUT2D eigenvalue weighted by atomic mass is 32.2. The standard InChI is InChI=1S/C18H23N3O6S2/c1-14(9-10-15-7-5-4-6-8-15)19-28(24,25)18-12-11-16(13-17(18)21(22)23)29(26,27)20(2)3/h4-8,11-14,19H,9-10H2,1-3H3. The van der Waals surface area contributed by atoms with Crippen LogP contribution in [-0.2, 0) is 26.5 Å². The average Bonchev–Trinajstić information content (AvgIpc) is 2.66. The summed E-state index contributed by atoms with van der Waals surface area (Å²) >= 11 is 0. The Labute approximate surface area is 170 Å². The molecule has 0 aromatic heterocycles. The van der Waals surface area contributed by atoms with Gasteiger partial charge in [-0.2, -0.15) is 0 Å². The molecule has 0 aliphatic heterocycles. The number of nitrogens with one attached hydrogen (secondary N) is 1. The molecule has 2 aromatic rings. The molecule has 0 aliphatic carbocycles. The quantitative estimate of drug-likeness (QED) is 0.469. The van der Waals surface area contributed by atoms with Gasteiger partial charge < -0.3 is 0 Å². The lowest BCUT2D eigenvalue weighted by molar-refractivity contribution is -0.388. The second kappa shape index (κ2) is 8.99. The molecule has 158 valence electrons. The van der Waals surface area contributed by atoms with Gasteiger partial charge in [0.2, 0.25) is 20.0 Å². The van der Waals surface area contributed by atoms with Gasteiger partial charge >= 0.3 is 0 Å². The Morgan fingerprint density at radius 2 is 1.69 bits per heavy atom. The molecule has 0 radical (unpaired) electrons. The van der Waals surface area contributed by atoms with Crippen LogP contribution in [0.25, 0.3) is 0 Å². The largest absolute Gasteiger partial charge is 0.290 e. The molecule has 0 aliphatic rings. The van der Waals surface area contributed by atoms with E-state index in [9.17, 15) is 26.9 Å². The van der Waals surface area contributed by atoms with E-state index in [1.165, 1.54) is 14.1 Å². The molecule has 0 fully saturated rings. The van der Waals surface area contributed by atoms with E-state index in [1.807, 2.05) is 30.3 Å². The van der Waals surface area contributed by atoms with Crippen LogP contribution in [0.3, 0.4) is 0 Å². The van der Waals surface area contributed by atoms with Crippen LogP contribution in [0.15, 0.2) is 58.3 Å². The minimum absolute atomic E-state index is 0.356. The smallest absolute Gasteiger partial charge is 0.258 e. The zero-order chi connectivity index (χ0) is 21.8. The van der Waals surface area contributed by atoms with E-state index in [2.05, 4.69) is 4.72 Å². The summed E-state index contributed by atoms with van der Waals surface area (Å²) in [6.07, 6.45) is 1.12. The third-order valence-corrected chi connectivity index (χ3v) is 7.71. The van der Waals surface area contributed by atoms with E-state index in [0.29, 0.717) is 12.8 Å². The Morgan fingerprint density at radius 1 is 1.07 bits per heavy atom. The highest BCUT2D eigenvalue weighted by Gasteiger charge is 2.30. The van der Waals surface area contributed by atoms with Crippen molar-refractivity contribution in [2.24, 2.45) is 0 Å². The third kappa shape index (κ3) is 5.60. The van der Waals surface area contributed by atoms with Gasteiger partial charge in [0, 0.05) is 26.2 Å². The van der Waals surface area contributed by atoms with Crippen molar-refractivity contribution < 1.29 is 21.8 Å². The second-order valence-electron chi connectivity index (χ2n) is 6.72. The molecule has 2 aromatic carbocycles. The Morgan fingerprint density at radius 3 is 2.24 bits per heavy atom. The molecule has 0 amide bonds. The number of nitro benzene ring substituents is 1. The number of benzene rings is 2. The fraction of sp³-hybridized carbons (Fsp3) is 0.333. The normalized spacial score (nSPS) is 13.4. The molecule has 1 N–H and O–H groups in total. The lowest BCUT2D eigenvalue weighted by Gasteiger charge is -2.15. The molecule has 0 saturated heterocycles. The molecular formula is C18H23N3O6S2. The van der Waals surface area contributed by atoms with Crippen LogP contribution in [0.5, 0.6) is 0 Å². The molecule has 0 bridgehead atoms. The van der Waals surface area contributed by atoms with Crippen LogP contribution in [0.1, 0.15) is 18.9 Å². The van der Waals surface area contributed by atoms with Gasteiger partial charge in [-0.1, -0.05) is 30.3 Å². The van der Waals surface area contributed by atoms with Crippen molar-refractivity contribution in [2.75, 3.05) is 14.1 Å². The van der Waals surface area contributed by atoms with Gasteiger partial charge in [-0.05, 0) is 37.5 Å². The molecular weight excluding hydrogens is 418 g/mol. The van der Waals surface area contributed by atoms with Gasteiger partial charge in [0.25, 0.3) is 5.69 Å². The Hall–Kier alpha value is -2.34. The molecule has 2 rings (SSSR count). The number of nitrogens with zero attached hydrogens (tertiary/aromatic N) is 2. The number of sulfonamides is 2. The lowest BCUT2D eigenvalue weighted by atomic mass is 10.1. The minimum atomic E-state index is -4.22. The number of aryl methyl sites for hydroxylation is 1. The highest BCUT2D eigenvalue weighted by Crippen LogP contribution is 2.28. The van der Waals surface area contributed by atoms with Crippen LogP contribution >= 0.6 is 0 Å². The maximum absolute atomic E-state index is 12.7. The summed E-state index contributed by atoms with van der Waals surface area (Å²) in [4.78, 5) is 9.58. The first kappa shape index (κ1) is 22.9. The fourth-order valence-corrected chi connectivity index (χ4v) is 5.01. The summed E-state index contributed by atoms with van der Waals surface area (Å²) in [5.74, 6) is 0. The summed E-state index contributed by atoms with van der Waals surface area (Å²) in [7, 11) is -5.61.